The normalized spacial score (nSPS) is 19.5. The highest BCUT2D eigenvalue weighted by Gasteiger charge is 2.31. The number of carbonyl (C=O) groups excluding carboxylic acids is 1. The van der Waals surface area contributed by atoms with Crippen LogP contribution in [0.4, 0.5) is 0 Å². The van der Waals surface area contributed by atoms with Crippen LogP contribution in [0.2, 0.25) is 0 Å². The van der Waals surface area contributed by atoms with Crippen molar-refractivity contribution in [2.45, 2.75) is 64.7 Å². The highest BCUT2D eigenvalue weighted by molar-refractivity contribution is 5.79. The molecule has 26 heavy (non-hydrogen) atoms. The maximum Gasteiger partial charge on any atom is 0.272 e. The SMILES string of the molecule is CCc1c(C)[nH]n2c(=O)cc(C3CCN(C(=O)C4CCCC4)CC3)nc12. The number of nitrogens with one attached hydrogen (secondary N) is 1. The van der Waals surface area contributed by atoms with Crippen molar-refractivity contribution in [2.24, 2.45) is 5.92 Å². The van der Waals surface area contributed by atoms with Crippen LogP contribution in [0, 0.1) is 12.8 Å². The molecule has 2 aliphatic rings. The van der Waals surface area contributed by atoms with E-state index in [1.807, 2.05) is 11.8 Å². The molecule has 140 valence electrons. The number of carbonyl (C=O) groups is 1. The maximum absolute atomic E-state index is 12.6. The number of aromatic nitrogens is 3. The average Bonchev–Trinajstić information content (AvgIpc) is 3.29. The number of amides is 1. The summed E-state index contributed by atoms with van der Waals surface area (Å²) in [6.45, 7) is 5.64. The van der Waals surface area contributed by atoms with E-state index in [9.17, 15) is 9.59 Å². The molecule has 0 unspecified atom stereocenters. The summed E-state index contributed by atoms with van der Waals surface area (Å²) in [5.74, 6) is 0.861. The third-order valence-electron chi connectivity index (χ3n) is 6.22. The van der Waals surface area contributed by atoms with E-state index in [4.69, 9.17) is 4.98 Å². The second kappa shape index (κ2) is 6.89. The summed E-state index contributed by atoms with van der Waals surface area (Å²) in [5, 5.41) is 3.12. The van der Waals surface area contributed by atoms with Crippen LogP contribution < -0.4 is 5.56 Å². The topological polar surface area (TPSA) is 70.5 Å². The van der Waals surface area contributed by atoms with Crippen LogP contribution in [0.5, 0.6) is 0 Å². The van der Waals surface area contributed by atoms with Gasteiger partial charge in [-0.05, 0) is 39.0 Å². The molecule has 1 aliphatic carbocycles. The van der Waals surface area contributed by atoms with Crippen LogP contribution in [-0.2, 0) is 11.2 Å². The molecule has 0 aromatic carbocycles. The molecule has 4 rings (SSSR count). The van der Waals surface area contributed by atoms with Crippen LogP contribution in [0.1, 0.15) is 68.3 Å². The minimum atomic E-state index is -0.0442. The number of hydrogen-bond acceptors (Lipinski definition) is 3. The molecule has 2 fully saturated rings. The lowest BCUT2D eigenvalue weighted by atomic mass is 9.92. The number of piperidine rings is 1. The number of aromatic amines is 1. The van der Waals surface area contributed by atoms with E-state index in [-0.39, 0.29) is 17.4 Å². The Morgan fingerprint density at radius 3 is 2.58 bits per heavy atom. The van der Waals surface area contributed by atoms with E-state index in [2.05, 4.69) is 12.0 Å². The average molecular weight is 356 g/mol. The molecular weight excluding hydrogens is 328 g/mol. The van der Waals surface area contributed by atoms with E-state index in [1.54, 1.807) is 10.6 Å². The Hall–Kier alpha value is -2.11. The third-order valence-corrected chi connectivity index (χ3v) is 6.22. The monoisotopic (exact) mass is 356 g/mol. The number of fused-ring (bicyclic) bond motifs is 1. The number of hydrogen-bond donors (Lipinski definition) is 1. The maximum atomic E-state index is 12.6. The fourth-order valence-corrected chi connectivity index (χ4v) is 4.67. The third kappa shape index (κ3) is 2.95. The minimum Gasteiger partial charge on any atom is -0.342 e. The van der Waals surface area contributed by atoms with Gasteiger partial charge in [0.25, 0.3) is 5.56 Å². The van der Waals surface area contributed by atoms with Gasteiger partial charge in [-0.15, -0.1) is 0 Å². The van der Waals surface area contributed by atoms with Crippen molar-refractivity contribution in [1.29, 1.82) is 0 Å². The number of aryl methyl sites for hydroxylation is 2. The van der Waals surface area contributed by atoms with Gasteiger partial charge in [0.15, 0.2) is 5.65 Å². The van der Waals surface area contributed by atoms with Crippen molar-refractivity contribution in [3.63, 3.8) is 0 Å². The fraction of sp³-hybridized carbons (Fsp3) is 0.650. The van der Waals surface area contributed by atoms with Crippen molar-refractivity contribution < 1.29 is 4.79 Å². The van der Waals surface area contributed by atoms with Gasteiger partial charge in [0.05, 0.1) is 5.69 Å². The van der Waals surface area contributed by atoms with Crippen molar-refractivity contribution >= 4 is 11.6 Å². The molecule has 0 radical (unpaired) electrons. The lowest BCUT2D eigenvalue weighted by Crippen LogP contribution is -2.41. The first kappa shape index (κ1) is 17.3. The first-order valence-corrected chi connectivity index (χ1v) is 9.98. The van der Waals surface area contributed by atoms with E-state index in [0.29, 0.717) is 5.91 Å². The molecule has 2 aromatic heterocycles. The van der Waals surface area contributed by atoms with E-state index in [0.717, 1.165) is 67.8 Å². The molecule has 3 heterocycles. The first-order valence-electron chi connectivity index (χ1n) is 9.98. The van der Waals surface area contributed by atoms with E-state index in [1.165, 1.54) is 12.8 Å². The van der Waals surface area contributed by atoms with E-state index < -0.39 is 0 Å². The van der Waals surface area contributed by atoms with E-state index >= 15 is 0 Å². The lowest BCUT2D eigenvalue weighted by Gasteiger charge is -2.33. The van der Waals surface area contributed by atoms with Crippen LogP contribution in [-0.4, -0.2) is 38.5 Å². The molecule has 0 atom stereocenters. The quantitative estimate of drug-likeness (QED) is 0.919. The Bertz CT molecular complexity index is 868. The van der Waals surface area contributed by atoms with Gasteiger partial charge in [0, 0.05) is 42.2 Å². The zero-order chi connectivity index (χ0) is 18.3. The minimum absolute atomic E-state index is 0.0442. The Kier molecular flexibility index (Phi) is 4.59. The second-order valence-electron chi connectivity index (χ2n) is 7.83. The fourth-order valence-electron chi connectivity index (χ4n) is 4.67. The predicted molar refractivity (Wildman–Crippen MR) is 100 cm³/mol. The summed E-state index contributed by atoms with van der Waals surface area (Å²) in [6.07, 6.45) is 7.13. The van der Waals surface area contributed by atoms with Crippen LogP contribution in [0.3, 0.4) is 0 Å². The van der Waals surface area contributed by atoms with Crippen molar-refractivity contribution in [3.8, 4) is 0 Å². The van der Waals surface area contributed by atoms with Gasteiger partial charge in [0.2, 0.25) is 5.91 Å². The number of H-pyrrole nitrogens is 1. The summed E-state index contributed by atoms with van der Waals surface area (Å²) >= 11 is 0. The molecule has 2 aromatic rings. The van der Waals surface area contributed by atoms with Crippen LogP contribution in [0.25, 0.3) is 5.65 Å². The molecule has 0 bridgehead atoms. The van der Waals surface area contributed by atoms with Gasteiger partial charge >= 0.3 is 0 Å². The summed E-state index contributed by atoms with van der Waals surface area (Å²) in [7, 11) is 0. The Balaban J connectivity index is 1.52. The number of likely N-dealkylation sites (tertiary alicyclic amines) is 1. The number of nitrogens with zero attached hydrogens (tertiary/aromatic N) is 3. The predicted octanol–water partition coefficient (Wildman–Crippen LogP) is 2.79. The summed E-state index contributed by atoms with van der Waals surface area (Å²) < 4.78 is 1.55. The second-order valence-corrected chi connectivity index (χ2v) is 7.83. The van der Waals surface area contributed by atoms with Gasteiger partial charge < -0.3 is 4.90 Å². The highest BCUT2D eigenvalue weighted by atomic mass is 16.2. The molecule has 6 nitrogen and oxygen atoms in total. The van der Waals surface area contributed by atoms with Crippen molar-refractivity contribution in [1.82, 2.24) is 19.5 Å². The largest absolute Gasteiger partial charge is 0.342 e. The molecule has 1 saturated heterocycles. The van der Waals surface area contributed by atoms with Gasteiger partial charge in [-0.3, -0.25) is 14.7 Å². The summed E-state index contributed by atoms with van der Waals surface area (Å²) in [4.78, 5) is 32.0. The lowest BCUT2D eigenvalue weighted by molar-refractivity contribution is -0.136. The Morgan fingerprint density at radius 2 is 1.92 bits per heavy atom. The molecule has 6 heteroatoms. The Labute approximate surface area is 153 Å². The van der Waals surface area contributed by atoms with Gasteiger partial charge in [0.1, 0.15) is 0 Å². The van der Waals surface area contributed by atoms with Crippen LogP contribution in [0.15, 0.2) is 10.9 Å². The highest BCUT2D eigenvalue weighted by Crippen LogP contribution is 2.31. The standard InChI is InChI=1S/C20H28N4O2/c1-3-16-13(2)22-24-18(25)12-17(21-19(16)24)14-8-10-23(11-9-14)20(26)15-6-4-5-7-15/h12,14-15,22H,3-11H2,1-2H3. The summed E-state index contributed by atoms with van der Waals surface area (Å²) in [6, 6.07) is 1.67. The Morgan fingerprint density at radius 1 is 1.23 bits per heavy atom. The van der Waals surface area contributed by atoms with Crippen LogP contribution >= 0.6 is 0 Å². The van der Waals surface area contributed by atoms with Gasteiger partial charge in [-0.1, -0.05) is 19.8 Å². The molecule has 1 amide bonds. The zero-order valence-electron chi connectivity index (χ0n) is 15.8. The van der Waals surface area contributed by atoms with Crippen molar-refractivity contribution in [2.75, 3.05) is 13.1 Å². The first-order chi connectivity index (χ1) is 12.6. The molecule has 1 N–H and O–H groups in total. The van der Waals surface area contributed by atoms with Crippen molar-refractivity contribution in [3.05, 3.63) is 33.4 Å². The molecular formula is C20H28N4O2. The molecule has 1 aliphatic heterocycles. The zero-order valence-corrected chi connectivity index (χ0v) is 15.8. The molecule has 1 saturated carbocycles. The van der Waals surface area contributed by atoms with Gasteiger partial charge in [-0.25, -0.2) is 9.50 Å². The number of rotatable bonds is 3. The summed E-state index contributed by atoms with van der Waals surface area (Å²) in [5.41, 5.74) is 3.72. The molecule has 0 spiro atoms. The van der Waals surface area contributed by atoms with Gasteiger partial charge in [-0.2, -0.15) is 0 Å². The smallest absolute Gasteiger partial charge is 0.272 e.